The lowest BCUT2D eigenvalue weighted by atomic mass is 10.1. The molecule has 0 saturated carbocycles. The zero-order valence-electron chi connectivity index (χ0n) is 14.0. The lowest BCUT2D eigenvalue weighted by Gasteiger charge is -2.04. The zero-order chi connectivity index (χ0) is 17.9. The van der Waals surface area contributed by atoms with Gasteiger partial charge in [0.15, 0.2) is 0 Å². The topological polar surface area (TPSA) is 72.7 Å². The van der Waals surface area contributed by atoms with Gasteiger partial charge in [-0.15, -0.1) is 11.3 Å². The van der Waals surface area contributed by atoms with Gasteiger partial charge in [0.1, 0.15) is 16.5 Å². The molecule has 0 saturated heterocycles. The van der Waals surface area contributed by atoms with Gasteiger partial charge >= 0.3 is 0 Å². The van der Waals surface area contributed by atoms with Crippen molar-refractivity contribution in [3.63, 3.8) is 0 Å². The number of anilines is 1. The summed E-state index contributed by atoms with van der Waals surface area (Å²) < 4.78 is 1.70. The van der Waals surface area contributed by atoms with Crippen LogP contribution in [0.1, 0.15) is 10.5 Å². The molecule has 26 heavy (non-hydrogen) atoms. The van der Waals surface area contributed by atoms with E-state index in [9.17, 15) is 4.79 Å². The Bertz CT molecular complexity index is 1040. The predicted octanol–water partition coefficient (Wildman–Crippen LogP) is 3.86. The number of hydrogen-bond donors (Lipinski definition) is 1. The third-order valence-corrected chi connectivity index (χ3v) is 4.69. The van der Waals surface area contributed by atoms with Crippen molar-refractivity contribution in [2.45, 2.75) is 0 Å². The smallest absolute Gasteiger partial charge is 0.276 e. The Hall–Kier alpha value is -3.32. The lowest BCUT2D eigenvalue weighted by Crippen LogP contribution is -2.13. The summed E-state index contributed by atoms with van der Waals surface area (Å²) in [5, 5.41) is 9.39. The van der Waals surface area contributed by atoms with Crippen molar-refractivity contribution in [2.75, 3.05) is 5.32 Å². The van der Waals surface area contributed by atoms with Gasteiger partial charge in [0.05, 0.1) is 6.20 Å². The van der Waals surface area contributed by atoms with Crippen molar-refractivity contribution in [3.05, 3.63) is 72.1 Å². The standard InChI is InChI=1S/C19H15N5OS/c1-24-11-15(10-21-24)19-22-16(12-26-19)18(25)23-17-8-7-14(9-20-17)13-5-3-2-4-6-13/h2-12H,1H3,(H,20,23,25). The zero-order valence-corrected chi connectivity index (χ0v) is 14.8. The molecular weight excluding hydrogens is 346 g/mol. The second-order valence-corrected chi connectivity index (χ2v) is 6.55. The molecule has 1 amide bonds. The molecule has 7 heteroatoms. The minimum absolute atomic E-state index is 0.281. The Morgan fingerprint density at radius 2 is 1.88 bits per heavy atom. The fourth-order valence-electron chi connectivity index (χ4n) is 2.49. The van der Waals surface area contributed by atoms with E-state index < -0.39 is 0 Å². The van der Waals surface area contributed by atoms with Crippen LogP contribution in [0.25, 0.3) is 21.7 Å². The van der Waals surface area contributed by atoms with Gasteiger partial charge in [-0.25, -0.2) is 9.97 Å². The van der Waals surface area contributed by atoms with Crippen LogP contribution in [0.4, 0.5) is 5.82 Å². The van der Waals surface area contributed by atoms with E-state index >= 15 is 0 Å². The monoisotopic (exact) mass is 361 g/mol. The molecule has 1 aromatic carbocycles. The molecule has 128 valence electrons. The van der Waals surface area contributed by atoms with Crippen LogP contribution in [-0.4, -0.2) is 25.7 Å². The first-order valence-electron chi connectivity index (χ1n) is 7.96. The fourth-order valence-corrected chi connectivity index (χ4v) is 3.27. The van der Waals surface area contributed by atoms with E-state index in [-0.39, 0.29) is 5.91 Å². The molecule has 0 fully saturated rings. The Balaban J connectivity index is 1.47. The summed E-state index contributed by atoms with van der Waals surface area (Å²) in [4.78, 5) is 21.1. The van der Waals surface area contributed by atoms with E-state index in [2.05, 4.69) is 20.4 Å². The molecule has 0 radical (unpaired) electrons. The summed E-state index contributed by atoms with van der Waals surface area (Å²) in [5.41, 5.74) is 3.33. The number of thiazole rings is 1. The van der Waals surface area contributed by atoms with Crippen LogP contribution in [0, 0.1) is 0 Å². The number of carbonyl (C=O) groups is 1. The number of benzene rings is 1. The third kappa shape index (κ3) is 3.38. The van der Waals surface area contributed by atoms with Gasteiger partial charge in [-0.3, -0.25) is 9.48 Å². The second-order valence-electron chi connectivity index (χ2n) is 5.69. The first-order valence-corrected chi connectivity index (χ1v) is 8.84. The Kier molecular flexibility index (Phi) is 4.28. The number of amides is 1. The molecule has 0 aliphatic heterocycles. The van der Waals surface area contributed by atoms with Crippen LogP contribution in [0.5, 0.6) is 0 Å². The predicted molar refractivity (Wildman–Crippen MR) is 102 cm³/mol. The molecule has 3 heterocycles. The summed E-state index contributed by atoms with van der Waals surface area (Å²) in [6, 6.07) is 13.7. The summed E-state index contributed by atoms with van der Waals surface area (Å²) in [6.45, 7) is 0. The summed E-state index contributed by atoms with van der Waals surface area (Å²) in [5.74, 6) is 0.210. The molecule has 0 aliphatic carbocycles. The molecule has 0 bridgehead atoms. The summed E-state index contributed by atoms with van der Waals surface area (Å²) in [7, 11) is 1.84. The van der Waals surface area contributed by atoms with Gasteiger partial charge in [-0.2, -0.15) is 5.10 Å². The average molecular weight is 361 g/mol. The van der Waals surface area contributed by atoms with Crippen molar-refractivity contribution in [2.24, 2.45) is 7.05 Å². The second kappa shape index (κ2) is 6.89. The number of pyridine rings is 1. The van der Waals surface area contributed by atoms with Gasteiger partial charge in [-0.1, -0.05) is 30.3 Å². The van der Waals surface area contributed by atoms with E-state index in [0.29, 0.717) is 11.5 Å². The van der Waals surface area contributed by atoms with E-state index in [4.69, 9.17) is 0 Å². The first-order chi connectivity index (χ1) is 12.7. The molecule has 4 rings (SSSR count). The molecule has 0 spiro atoms. The van der Waals surface area contributed by atoms with Crippen molar-refractivity contribution in [1.82, 2.24) is 19.7 Å². The van der Waals surface area contributed by atoms with E-state index in [0.717, 1.165) is 21.7 Å². The number of rotatable bonds is 4. The maximum absolute atomic E-state index is 12.4. The maximum atomic E-state index is 12.4. The molecule has 0 atom stereocenters. The summed E-state index contributed by atoms with van der Waals surface area (Å²) >= 11 is 1.41. The van der Waals surface area contributed by atoms with E-state index in [1.54, 1.807) is 28.5 Å². The van der Waals surface area contributed by atoms with Crippen molar-refractivity contribution in [1.29, 1.82) is 0 Å². The summed E-state index contributed by atoms with van der Waals surface area (Å²) in [6.07, 6.45) is 5.34. The largest absolute Gasteiger partial charge is 0.305 e. The number of hydrogen-bond acceptors (Lipinski definition) is 5. The quantitative estimate of drug-likeness (QED) is 0.599. The SMILES string of the molecule is Cn1cc(-c2nc(C(=O)Nc3ccc(-c4ccccc4)cn3)cs2)cn1. The normalized spacial score (nSPS) is 10.7. The maximum Gasteiger partial charge on any atom is 0.276 e. The van der Waals surface area contributed by atoms with Crippen LogP contribution in [0.3, 0.4) is 0 Å². The highest BCUT2D eigenvalue weighted by Gasteiger charge is 2.13. The van der Waals surface area contributed by atoms with Crippen molar-refractivity contribution < 1.29 is 4.79 Å². The number of carbonyl (C=O) groups excluding carboxylic acids is 1. The van der Waals surface area contributed by atoms with Gasteiger partial charge in [0, 0.05) is 35.9 Å². The number of nitrogens with one attached hydrogen (secondary N) is 1. The van der Waals surface area contributed by atoms with Crippen molar-refractivity contribution in [3.8, 4) is 21.7 Å². The molecule has 4 aromatic rings. The van der Waals surface area contributed by atoms with Crippen LogP contribution < -0.4 is 5.32 Å². The van der Waals surface area contributed by atoms with Gasteiger partial charge in [0.25, 0.3) is 5.91 Å². The van der Waals surface area contributed by atoms with E-state index in [1.165, 1.54) is 11.3 Å². The van der Waals surface area contributed by atoms with Crippen molar-refractivity contribution >= 4 is 23.1 Å². The van der Waals surface area contributed by atoms with Crippen LogP contribution in [0.2, 0.25) is 0 Å². The lowest BCUT2D eigenvalue weighted by molar-refractivity contribution is 0.102. The molecule has 3 aromatic heterocycles. The Labute approximate surface area is 154 Å². The Morgan fingerprint density at radius 1 is 1.04 bits per heavy atom. The highest BCUT2D eigenvalue weighted by molar-refractivity contribution is 7.13. The molecule has 1 N–H and O–H groups in total. The Morgan fingerprint density at radius 3 is 2.58 bits per heavy atom. The van der Waals surface area contributed by atoms with Gasteiger partial charge < -0.3 is 5.32 Å². The molecule has 0 unspecified atom stereocenters. The molecule has 6 nitrogen and oxygen atoms in total. The average Bonchev–Trinajstić information content (AvgIpc) is 3.32. The molecule has 0 aliphatic rings. The van der Waals surface area contributed by atoms with Crippen LogP contribution in [-0.2, 0) is 7.05 Å². The highest BCUT2D eigenvalue weighted by Crippen LogP contribution is 2.24. The number of nitrogens with zero attached hydrogens (tertiary/aromatic N) is 4. The van der Waals surface area contributed by atoms with Crippen LogP contribution >= 0.6 is 11.3 Å². The minimum Gasteiger partial charge on any atom is -0.305 e. The fraction of sp³-hybridized carbons (Fsp3) is 0.0526. The highest BCUT2D eigenvalue weighted by atomic mass is 32.1. The van der Waals surface area contributed by atoms with Crippen LogP contribution in [0.15, 0.2) is 66.4 Å². The minimum atomic E-state index is -0.281. The number of aromatic nitrogens is 4. The third-order valence-electron chi connectivity index (χ3n) is 3.80. The van der Waals surface area contributed by atoms with Gasteiger partial charge in [-0.05, 0) is 17.7 Å². The first kappa shape index (κ1) is 16.2. The number of aryl methyl sites for hydroxylation is 1. The van der Waals surface area contributed by atoms with E-state index in [1.807, 2.05) is 49.6 Å². The van der Waals surface area contributed by atoms with Gasteiger partial charge in [0.2, 0.25) is 0 Å². The molecular formula is C19H15N5OS.